The van der Waals surface area contributed by atoms with Crippen LogP contribution < -0.4 is 14.2 Å². The van der Waals surface area contributed by atoms with E-state index in [1.807, 2.05) is 46.8 Å². The Labute approximate surface area is 364 Å². The summed E-state index contributed by atoms with van der Waals surface area (Å²) < 4.78 is 74.0. The number of nitrogens with one attached hydrogen (secondary N) is 1. The van der Waals surface area contributed by atoms with Gasteiger partial charge in [0.2, 0.25) is 34.1 Å². The Hall–Kier alpha value is -3.95. The number of rotatable bonds is 10. The molecular weight excluding hydrogens is 823 g/mol. The maximum atomic E-state index is 15.2. The lowest BCUT2D eigenvalue weighted by Crippen LogP contribution is -2.50. The van der Waals surface area contributed by atoms with E-state index in [4.69, 9.17) is 24.2 Å². The number of ketones is 1. The summed E-state index contributed by atoms with van der Waals surface area (Å²) in [5, 5.41) is 0. The highest BCUT2D eigenvalue weighted by atomic mass is 32.2. The summed E-state index contributed by atoms with van der Waals surface area (Å²) in [5.74, 6) is -4.01. The second-order valence-corrected chi connectivity index (χ2v) is 22.5. The highest BCUT2D eigenvalue weighted by Crippen LogP contribution is 2.59. The molecular formula is C46H64F2N4O9S. The Kier molecular flexibility index (Phi) is 12.8. The molecule has 0 spiro atoms. The van der Waals surface area contributed by atoms with Crippen LogP contribution in [0.2, 0.25) is 0 Å². The number of carbonyl (C=O) groups is 4. The zero-order valence-corrected chi connectivity index (χ0v) is 38.1. The largest absolute Gasteiger partial charge is 0.497 e. The first-order chi connectivity index (χ1) is 29.1. The molecule has 0 radical (unpaired) electrons. The van der Waals surface area contributed by atoms with Gasteiger partial charge in [0.25, 0.3) is 0 Å². The standard InChI is InChI=1S/C46H64F2N4O9S/c1-8-30-36-26-52(39(30)35(53)25-46(24-28(46)21-37(47)48)42(56)51-62(57,58)44(5)19-20-44)41(55)31(43(2,3)4)23-38(54)61-45(6)18-12-14-27(45)13-10-9-11-15-33-40(60-36)50-34-22-29(59-7)16-17-32(34)49-33/h16-17,22,27-28,30-31,36-37,39H,8-15,18-21,23-26H2,1-7H3,(H,51,56)/t27-,28-,30-,31-,36+,39+,45-,46-/m1/s1. The highest BCUT2D eigenvalue weighted by Gasteiger charge is 2.64. The van der Waals surface area contributed by atoms with Gasteiger partial charge in [-0.3, -0.25) is 23.9 Å². The van der Waals surface area contributed by atoms with Crippen molar-refractivity contribution < 1.29 is 50.6 Å². The molecule has 8 atom stereocenters. The Balaban J connectivity index is 1.29. The van der Waals surface area contributed by atoms with Gasteiger partial charge in [-0.15, -0.1) is 0 Å². The number of alkyl halides is 2. The monoisotopic (exact) mass is 886 g/mol. The van der Waals surface area contributed by atoms with Gasteiger partial charge in [-0.1, -0.05) is 40.5 Å². The van der Waals surface area contributed by atoms with Crippen molar-refractivity contribution in [3.8, 4) is 11.6 Å². The van der Waals surface area contributed by atoms with E-state index in [9.17, 15) is 26.8 Å². The molecule has 1 saturated heterocycles. The molecule has 0 unspecified atom stereocenters. The average Bonchev–Trinajstić information content (AvgIpc) is 4.03. The van der Waals surface area contributed by atoms with Crippen molar-refractivity contribution in [3.63, 3.8) is 0 Å². The van der Waals surface area contributed by atoms with Crippen molar-refractivity contribution >= 4 is 44.6 Å². The molecule has 2 bridgehead atoms. The molecule has 2 amide bonds. The number of aryl methyl sites for hydroxylation is 1. The van der Waals surface area contributed by atoms with Crippen LogP contribution in [0, 0.1) is 34.5 Å². The first-order valence-corrected chi connectivity index (χ1v) is 24.0. The average molecular weight is 887 g/mol. The number of sulfonamides is 1. The number of ether oxygens (including phenoxy) is 3. The van der Waals surface area contributed by atoms with Gasteiger partial charge in [0.15, 0.2) is 5.78 Å². The number of nitrogens with zero attached hydrogens (tertiary/aromatic N) is 3. The molecule has 3 heterocycles. The fourth-order valence-corrected chi connectivity index (χ4v) is 11.8. The number of carbonyl (C=O) groups excluding carboxylic acids is 4. The van der Waals surface area contributed by atoms with Gasteiger partial charge in [-0.25, -0.2) is 27.2 Å². The molecule has 7 rings (SSSR count). The second-order valence-electron chi connectivity index (χ2n) is 20.3. The predicted octanol–water partition coefficient (Wildman–Crippen LogP) is 7.51. The van der Waals surface area contributed by atoms with Crippen molar-refractivity contribution in [1.82, 2.24) is 19.6 Å². The molecule has 2 aliphatic heterocycles. The van der Waals surface area contributed by atoms with Crippen LogP contribution in [-0.4, -0.2) is 89.4 Å². The van der Waals surface area contributed by atoms with Crippen LogP contribution >= 0.6 is 0 Å². The fourth-order valence-electron chi connectivity index (χ4n) is 10.5. The third-order valence-corrected chi connectivity index (χ3v) is 17.1. The zero-order valence-electron chi connectivity index (χ0n) is 37.3. The fraction of sp³-hybridized carbons (Fsp3) is 0.739. The van der Waals surface area contributed by atoms with Gasteiger partial charge in [0.1, 0.15) is 23.1 Å². The molecule has 16 heteroatoms. The molecule has 4 fully saturated rings. The van der Waals surface area contributed by atoms with Crippen LogP contribution in [-0.2, 0) is 40.4 Å². The summed E-state index contributed by atoms with van der Waals surface area (Å²) in [5.41, 5.74) is -1.34. The van der Waals surface area contributed by atoms with E-state index in [1.165, 1.54) is 11.8 Å². The SMILES string of the molecule is CC[C@@H]1[C@@H]2CN(C(=O)[C@H](C(C)(C)C)CC(=O)O[C@]3(C)CCC[C@H]3CCCCCc3nc4ccc(OC)cc4nc3O2)[C@@H]1C(=O)C[C@]1(C(=O)NS(=O)(=O)C2(C)CC2)C[C@H]1CC(F)F. The number of esters is 1. The molecule has 62 heavy (non-hydrogen) atoms. The van der Waals surface area contributed by atoms with Crippen LogP contribution in [0.1, 0.15) is 137 Å². The predicted molar refractivity (Wildman–Crippen MR) is 227 cm³/mol. The maximum Gasteiger partial charge on any atom is 0.307 e. The van der Waals surface area contributed by atoms with Gasteiger partial charge >= 0.3 is 5.97 Å². The Bertz CT molecular complexity index is 2180. The van der Waals surface area contributed by atoms with Crippen LogP contribution in [0.25, 0.3) is 11.0 Å². The zero-order chi connectivity index (χ0) is 45.0. The molecule has 3 aliphatic carbocycles. The lowest BCUT2D eigenvalue weighted by molar-refractivity contribution is -0.167. The summed E-state index contributed by atoms with van der Waals surface area (Å²) in [7, 11) is -2.59. The van der Waals surface area contributed by atoms with Gasteiger partial charge in [0.05, 0.1) is 53.2 Å². The van der Waals surface area contributed by atoms with Gasteiger partial charge in [-0.2, -0.15) is 0 Å². The Morgan fingerprint density at radius 2 is 1.76 bits per heavy atom. The van der Waals surface area contributed by atoms with E-state index in [0.29, 0.717) is 48.2 Å². The van der Waals surface area contributed by atoms with Crippen molar-refractivity contribution in [3.05, 3.63) is 23.9 Å². The lowest BCUT2D eigenvalue weighted by atomic mass is 9.77. The molecule has 2 aromatic rings. The van der Waals surface area contributed by atoms with E-state index >= 15 is 9.59 Å². The van der Waals surface area contributed by atoms with Crippen molar-refractivity contribution in [2.45, 2.75) is 167 Å². The van der Waals surface area contributed by atoms with Crippen molar-refractivity contribution in [1.29, 1.82) is 0 Å². The lowest BCUT2D eigenvalue weighted by Gasteiger charge is -2.37. The summed E-state index contributed by atoms with van der Waals surface area (Å²) in [6.07, 6.45) is 2.51. The number of hydrogen-bond acceptors (Lipinski definition) is 11. The van der Waals surface area contributed by atoms with Gasteiger partial charge < -0.3 is 19.1 Å². The number of hydrogen-bond donors (Lipinski definition) is 1. The van der Waals surface area contributed by atoms with E-state index in [0.717, 1.165) is 44.9 Å². The van der Waals surface area contributed by atoms with Crippen LogP contribution in [0.5, 0.6) is 11.6 Å². The molecule has 342 valence electrons. The number of aromatic nitrogens is 2. The molecule has 1 aromatic carbocycles. The molecule has 5 aliphatic rings. The van der Waals surface area contributed by atoms with E-state index in [1.54, 1.807) is 13.2 Å². The van der Waals surface area contributed by atoms with Crippen LogP contribution in [0.3, 0.4) is 0 Å². The van der Waals surface area contributed by atoms with E-state index in [-0.39, 0.29) is 31.2 Å². The molecule has 1 N–H and O–H groups in total. The topological polar surface area (TPSA) is 171 Å². The summed E-state index contributed by atoms with van der Waals surface area (Å²) >= 11 is 0. The van der Waals surface area contributed by atoms with E-state index in [2.05, 4.69) is 4.72 Å². The van der Waals surface area contributed by atoms with Gasteiger partial charge in [0, 0.05) is 24.8 Å². The van der Waals surface area contributed by atoms with Crippen molar-refractivity contribution in [2.75, 3.05) is 13.7 Å². The summed E-state index contributed by atoms with van der Waals surface area (Å²) in [4.78, 5) is 69.6. The summed E-state index contributed by atoms with van der Waals surface area (Å²) in [6, 6.07) is 4.22. The molecule has 1 aromatic heterocycles. The minimum absolute atomic E-state index is 0.0706. The Morgan fingerprint density at radius 3 is 2.42 bits per heavy atom. The van der Waals surface area contributed by atoms with E-state index < -0.39 is 104 Å². The minimum Gasteiger partial charge on any atom is -0.497 e. The minimum atomic E-state index is -4.15. The van der Waals surface area contributed by atoms with Gasteiger partial charge in [-0.05, 0) is 107 Å². The number of methoxy groups -OCH3 is 1. The highest BCUT2D eigenvalue weighted by molar-refractivity contribution is 7.91. The number of halogens is 2. The normalized spacial score (nSPS) is 31.6. The van der Waals surface area contributed by atoms with Crippen molar-refractivity contribution in [2.24, 2.45) is 34.5 Å². The summed E-state index contributed by atoms with van der Waals surface area (Å²) in [6.45, 7) is 10.9. The first kappa shape index (κ1) is 46.1. The van der Waals surface area contributed by atoms with Crippen LogP contribution in [0.4, 0.5) is 8.78 Å². The van der Waals surface area contributed by atoms with Crippen LogP contribution in [0.15, 0.2) is 18.2 Å². The second kappa shape index (κ2) is 17.2. The number of fused-ring (bicyclic) bond motifs is 5. The molecule has 3 saturated carbocycles. The first-order valence-electron chi connectivity index (χ1n) is 22.5. The Morgan fingerprint density at radius 1 is 1.03 bits per heavy atom. The maximum absolute atomic E-state index is 15.2. The smallest absolute Gasteiger partial charge is 0.307 e. The molecule has 13 nitrogen and oxygen atoms in total. The third-order valence-electron chi connectivity index (χ3n) is 14.9. The quantitative estimate of drug-likeness (QED) is 0.234. The number of Topliss-reactive ketones (excluding diaryl/α,β-unsaturated/α-hetero) is 1. The number of amides is 2. The number of benzene rings is 1. The third kappa shape index (κ3) is 9.18.